The van der Waals surface area contributed by atoms with Crippen molar-refractivity contribution in [1.82, 2.24) is 29.2 Å². The summed E-state index contributed by atoms with van der Waals surface area (Å²) < 4.78 is 29.1. The number of hydrogen-bond acceptors (Lipinski definition) is 5. The van der Waals surface area contributed by atoms with Gasteiger partial charge in [-0.15, -0.1) is 0 Å². The van der Waals surface area contributed by atoms with Crippen LogP contribution in [0.15, 0.2) is 17.3 Å². The van der Waals surface area contributed by atoms with Crippen LogP contribution in [0.5, 0.6) is 0 Å². The minimum absolute atomic E-state index is 0.161. The Kier molecular flexibility index (Phi) is 4.66. The highest BCUT2D eigenvalue weighted by Crippen LogP contribution is 2.21. The molecule has 1 fully saturated rings. The average molecular weight is 464 g/mol. The Balaban J connectivity index is 1.72. The van der Waals surface area contributed by atoms with Crippen LogP contribution in [0.3, 0.4) is 0 Å². The van der Waals surface area contributed by atoms with Gasteiger partial charge in [0, 0.05) is 33.2 Å². The maximum atomic E-state index is 12.7. The third-order valence-electron chi connectivity index (χ3n) is 4.14. The van der Waals surface area contributed by atoms with Gasteiger partial charge in [0.2, 0.25) is 10.0 Å². The lowest BCUT2D eigenvalue weighted by Crippen LogP contribution is -2.50. The van der Waals surface area contributed by atoms with E-state index in [4.69, 9.17) is 0 Å². The summed E-state index contributed by atoms with van der Waals surface area (Å²) in [5.74, 6) is -0.161. The Morgan fingerprint density at radius 3 is 2.42 bits per heavy atom. The highest BCUT2D eigenvalue weighted by molar-refractivity contribution is 14.1. The lowest BCUT2D eigenvalue weighted by Gasteiger charge is -2.33. The molecule has 0 aromatic carbocycles. The first-order chi connectivity index (χ1) is 11.3. The number of nitrogens with zero attached hydrogens (tertiary/aromatic N) is 5. The predicted octanol–water partition coefficient (Wildman–Crippen LogP) is 0.203. The van der Waals surface area contributed by atoms with Crippen LogP contribution in [0.25, 0.3) is 0 Å². The minimum Gasteiger partial charge on any atom is -0.335 e. The number of hydrogen-bond donors (Lipinski definition) is 1. The summed E-state index contributed by atoms with van der Waals surface area (Å²) in [6.07, 6.45) is 2.95. The maximum absolute atomic E-state index is 12.7. The molecule has 1 aliphatic rings. The van der Waals surface area contributed by atoms with Crippen LogP contribution >= 0.6 is 22.6 Å². The summed E-state index contributed by atoms with van der Waals surface area (Å²) in [6.45, 7) is 2.92. The van der Waals surface area contributed by atoms with Gasteiger partial charge in [-0.3, -0.25) is 14.6 Å². The first-order valence-corrected chi connectivity index (χ1v) is 9.81. The molecule has 0 radical (unpaired) electrons. The van der Waals surface area contributed by atoms with E-state index < -0.39 is 10.0 Å². The topological polar surface area (TPSA) is 104 Å². The summed E-state index contributed by atoms with van der Waals surface area (Å²) in [4.78, 5) is 14.3. The van der Waals surface area contributed by atoms with Gasteiger partial charge in [0.15, 0.2) is 0 Å². The zero-order valence-electron chi connectivity index (χ0n) is 13.2. The fraction of sp³-hybridized carbons (Fsp3) is 0.462. The zero-order chi connectivity index (χ0) is 17.5. The van der Waals surface area contributed by atoms with E-state index >= 15 is 0 Å². The number of aryl methyl sites for hydroxylation is 1. The molecule has 1 amide bonds. The lowest BCUT2D eigenvalue weighted by molar-refractivity contribution is 0.0691. The van der Waals surface area contributed by atoms with Crippen molar-refractivity contribution in [3.8, 4) is 0 Å². The Labute approximate surface area is 153 Å². The molecular formula is C13H17IN6O3S. The Morgan fingerprint density at radius 1 is 1.25 bits per heavy atom. The molecule has 24 heavy (non-hydrogen) atoms. The molecule has 3 rings (SSSR count). The summed E-state index contributed by atoms with van der Waals surface area (Å²) in [5.41, 5.74) is 1.04. The van der Waals surface area contributed by atoms with Crippen molar-refractivity contribution < 1.29 is 13.2 Å². The average Bonchev–Trinajstić information content (AvgIpc) is 3.13. The molecule has 11 heteroatoms. The molecule has 9 nitrogen and oxygen atoms in total. The minimum atomic E-state index is -3.59. The highest BCUT2D eigenvalue weighted by atomic mass is 127. The fourth-order valence-corrected chi connectivity index (χ4v) is 4.68. The number of amides is 1. The Bertz CT molecular complexity index is 866. The smallest absolute Gasteiger partial charge is 0.273 e. The second kappa shape index (κ2) is 6.44. The van der Waals surface area contributed by atoms with Crippen molar-refractivity contribution in [2.24, 2.45) is 7.05 Å². The molecular weight excluding hydrogens is 447 g/mol. The van der Waals surface area contributed by atoms with E-state index in [1.807, 2.05) is 22.6 Å². The molecule has 2 aromatic rings. The number of nitrogens with one attached hydrogen (secondary N) is 1. The van der Waals surface area contributed by atoms with Gasteiger partial charge in [0.05, 0.1) is 21.7 Å². The van der Waals surface area contributed by atoms with Gasteiger partial charge in [-0.25, -0.2) is 8.42 Å². The molecule has 130 valence electrons. The van der Waals surface area contributed by atoms with Crippen molar-refractivity contribution in [3.63, 3.8) is 0 Å². The summed E-state index contributed by atoms with van der Waals surface area (Å²) >= 11 is 2.04. The highest BCUT2D eigenvalue weighted by Gasteiger charge is 2.33. The van der Waals surface area contributed by atoms with Crippen LogP contribution in [0.4, 0.5) is 0 Å². The third kappa shape index (κ3) is 2.95. The lowest BCUT2D eigenvalue weighted by atomic mass is 10.3. The quantitative estimate of drug-likeness (QED) is 0.654. The van der Waals surface area contributed by atoms with Crippen molar-refractivity contribution in [1.29, 1.82) is 0 Å². The van der Waals surface area contributed by atoms with Crippen LogP contribution in [0, 0.1) is 10.5 Å². The van der Waals surface area contributed by atoms with E-state index in [1.165, 1.54) is 15.2 Å². The molecule has 1 saturated heterocycles. The molecule has 0 atom stereocenters. The van der Waals surface area contributed by atoms with Crippen molar-refractivity contribution >= 4 is 38.5 Å². The number of halogens is 1. The SMILES string of the molecule is Cc1c(S(=O)(=O)N2CCN(C(=O)c3[nH]ncc3I)CC2)cnn1C. The van der Waals surface area contributed by atoms with Gasteiger partial charge in [0.1, 0.15) is 10.6 Å². The van der Waals surface area contributed by atoms with Gasteiger partial charge in [-0.2, -0.15) is 14.5 Å². The van der Waals surface area contributed by atoms with Gasteiger partial charge < -0.3 is 4.90 Å². The zero-order valence-corrected chi connectivity index (χ0v) is 16.2. The molecule has 0 bridgehead atoms. The van der Waals surface area contributed by atoms with Crippen molar-refractivity contribution in [3.05, 3.63) is 27.4 Å². The monoisotopic (exact) mass is 464 g/mol. The second-order valence-electron chi connectivity index (χ2n) is 5.51. The number of H-pyrrole nitrogens is 1. The van der Waals surface area contributed by atoms with E-state index in [9.17, 15) is 13.2 Å². The van der Waals surface area contributed by atoms with E-state index in [0.717, 1.165) is 3.57 Å². The summed E-state index contributed by atoms with van der Waals surface area (Å²) in [7, 11) is -1.89. The van der Waals surface area contributed by atoms with Crippen LogP contribution in [-0.2, 0) is 17.1 Å². The number of carbonyl (C=O) groups excluding carboxylic acids is 1. The van der Waals surface area contributed by atoms with Crippen LogP contribution in [-0.4, -0.2) is 69.7 Å². The number of piperazine rings is 1. The van der Waals surface area contributed by atoms with Gasteiger partial charge in [0.25, 0.3) is 5.91 Å². The number of rotatable bonds is 3. The predicted molar refractivity (Wildman–Crippen MR) is 93.9 cm³/mol. The largest absolute Gasteiger partial charge is 0.335 e. The molecule has 1 N–H and O–H groups in total. The van der Waals surface area contributed by atoms with Crippen molar-refractivity contribution in [2.75, 3.05) is 26.2 Å². The van der Waals surface area contributed by atoms with Crippen LogP contribution < -0.4 is 0 Å². The molecule has 0 aliphatic carbocycles. The number of aromatic amines is 1. The Hall–Kier alpha value is -1.47. The molecule has 1 aliphatic heterocycles. The molecule has 3 heterocycles. The van der Waals surface area contributed by atoms with E-state index in [2.05, 4.69) is 15.3 Å². The molecule has 0 unspecified atom stereocenters. The molecule has 2 aromatic heterocycles. The number of aromatic nitrogens is 4. The van der Waals surface area contributed by atoms with Crippen LogP contribution in [0.1, 0.15) is 16.2 Å². The van der Waals surface area contributed by atoms with Gasteiger partial charge in [-0.1, -0.05) is 0 Å². The normalized spacial score (nSPS) is 16.5. The summed E-state index contributed by atoms with van der Waals surface area (Å²) in [5, 5.41) is 10.5. The second-order valence-corrected chi connectivity index (χ2v) is 8.58. The standard InChI is InChI=1S/C13H17IN6O3S/c1-9-11(8-16-18(9)2)24(22,23)20-5-3-19(4-6-20)13(21)12-10(14)7-15-17-12/h7-8H,3-6H2,1-2H3,(H,15,17). The number of carbonyl (C=O) groups is 1. The summed E-state index contributed by atoms with van der Waals surface area (Å²) in [6, 6.07) is 0. The fourth-order valence-electron chi connectivity index (χ4n) is 2.58. The maximum Gasteiger partial charge on any atom is 0.273 e. The van der Waals surface area contributed by atoms with Gasteiger partial charge in [-0.05, 0) is 29.5 Å². The van der Waals surface area contributed by atoms with E-state index in [0.29, 0.717) is 24.5 Å². The first-order valence-electron chi connectivity index (χ1n) is 7.29. The van der Waals surface area contributed by atoms with Gasteiger partial charge >= 0.3 is 0 Å². The van der Waals surface area contributed by atoms with E-state index in [-0.39, 0.29) is 23.9 Å². The number of sulfonamides is 1. The first kappa shape index (κ1) is 17.4. The Morgan fingerprint density at radius 2 is 1.92 bits per heavy atom. The molecule has 0 spiro atoms. The third-order valence-corrected chi connectivity index (χ3v) is 6.96. The van der Waals surface area contributed by atoms with Crippen molar-refractivity contribution in [2.45, 2.75) is 11.8 Å². The van der Waals surface area contributed by atoms with E-state index in [1.54, 1.807) is 25.1 Å². The van der Waals surface area contributed by atoms with Crippen LogP contribution in [0.2, 0.25) is 0 Å². The molecule has 0 saturated carbocycles.